The van der Waals surface area contributed by atoms with E-state index >= 15 is 0 Å². The van der Waals surface area contributed by atoms with Gasteiger partial charge in [-0.2, -0.15) is 5.10 Å². The molecule has 0 saturated carbocycles. The Balaban J connectivity index is 1.78. The number of anilines is 3. The molecule has 0 bridgehead atoms. The molecule has 26 heavy (non-hydrogen) atoms. The maximum Gasteiger partial charge on any atom is 0.232 e. The van der Waals surface area contributed by atoms with Crippen LogP contribution in [0.2, 0.25) is 0 Å². The van der Waals surface area contributed by atoms with E-state index in [4.69, 9.17) is 0 Å². The van der Waals surface area contributed by atoms with Gasteiger partial charge in [-0.1, -0.05) is 13.3 Å². The van der Waals surface area contributed by atoms with Gasteiger partial charge in [-0.05, 0) is 46.6 Å². The molecule has 0 unspecified atom stereocenters. The second-order valence-electron chi connectivity index (χ2n) is 5.81. The van der Waals surface area contributed by atoms with Gasteiger partial charge in [-0.3, -0.25) is 4.72 Å². The lowest BCUT2D eigenvalue weighted by atomic mass is 10.3. The number of hydrogen-bond acceptors (Lipinski definition) is 6. The van der Waals surface area contributed by atoms with Crippen LogP contribution in [0.25, 0.3) is 11.0 Å². The molecule has 0 spiro atoms. The van der Waals surface area contributed by atoms with E-state index in [0.29, 0.717) is 28.2 Å². The zero-order valence-corrected chi connectivity index (χ0v) is 16.8. The van der Waals surface area contributed by atoms with Gasteiger partial charge in [-0.15, -0.1) is 0 Å². The van der Waals surface area contributed by atoms with Crippen LogP contribution in [0.4, 0.5) is 17.2 Å². The summed E-state index contributed by atoms with van der Waals surface area (Å²) in [5.74, 6) is 0.739. The van der Waals surface area contributed by atoms with Crippen LogP contribution in [0.3, 0.4) is 0 Å². The molecule has 2 N–H and O–H groups in total. The van der Waals surface area contributed by atoms with Gasteiger partial charge in [0.25, 0.3) is 0 Å². The van der Waals surface area contributed by atoms with Crippen molar-refractivity contribution in [2.24, 2.45) is 7.05 Å². The van der Waals surface area contributed by atoms with Crippen molar-refractivity contribution in [3.05, 3.63) is 35.2 Å². The first kappa shape index (κ1) is 18.6. The number of halogens is 1. The topological polar surface area (TPSA) is 102 Å². The van der Waals surface area contributed by atoms with Crippen molar-refractivity contribution in [2.45, 2.75) is 19.8 Å². The van der Waals surface area contributed by atoms with Crippen molar-refractivity contribution in [1.82, 2.24) is 19.7 Å². The van der Waals surface area contributed by atoms with Gasteiger partial charge in [0.1, 0.15) is 16.7 Å². The Hall–Kier alpha value is -2.20. The van der Waals surface area contributed by atoms with E-state index in [1.54, 1.807) is 28.9 Å². The van der Waals surface area contributed by atoms with Crippen LogP contribution in [0.5, 0.6) is 0 Å². The second-order valence-corrected chi connectivity index (χ2v) is 8.41. The Bertz CT molecular complexity index is 1020. The molecule has 0 saturated heterocycles. The molecule has 0 amide bonds. The van der Waals surface area contributed by atoms with E-state index in [9.17, 15) is 8.42 Å². The number of aryl methyl sites for hydroxylation is 1. The van der Waals surface area contributed by atoms with E-state index in [1.807, 2.05) is 14.0 Å². The van der Waals surface area contributed by atoms with E-state index in [1.165, 1.54) is 6.33 Å². The Morgan fingerprint density at radius 2 is 1.85 bits per heavy atom. The summed E-state index contributed by atoms with van der Waals surface area (Å²) < 4.78 is 28.8. The fraction of sp³-hybridized carbons (Fsp3) is 0.312. The molecule has 1 aromatic carbocycles. The summed E-state index contributed by atoms with van der Waals surface area (Å²) in [4.78, 5) is 8.50. The Kier molecular flexibility index (Phi) is 5.42. The number of hydrogen-bond donors (Lipinski definition) is 2. The summed E-state index contributed by atoms with van der Waals surface area (Å²) in [7, 11) is -1.50. The molecule has 0 aliphatic heterocycles. The van der Waals surface area contributed by atoms with Crippen molar-refractivity contribution in [3.63, 3.8) is 0 Å². The highest BCUT2D eigenvalue weighted by Gasteiger charge is 2.14. The third kappa shape index (κ3) is 4.13. The van der Waals surface area contributed by atoms with Crippen LogP contribution in [0.15, 0.2) is 35.2 Å². The lowest BCUT2D eigenvalue weighted by Crippen LogP contribution is -2.16. The van der Waals surface area contributed by atoms with E-state index < -0.39 is 10.0 Å². The number of aromatic nitrogens is 4. The van der Waals surface area contributed by atoms with Crippen molar-refractivity contribution >= 4 is 54.2 Å². The zero-order valence-electron chi connectivity index (χ0n) is 14.4. The molecule has 3 aromatic rings. The smallest absolute Gasteiger partial charge is 0.232 e. The highest BCUT2D eigenvalue weighted by atomic mass is 79.9. The van der Waals surface area contributed by atoms with Gasteiger partial charge in [0.15, 0.2) is 5.65 Å². The molecular formula is C16H19BrN6O2S. The van der Waals surface area contributed by atoms with Crippen LogP contribution >= 0.6 is 15.9 Å². The number of nitrogens with one attached hydrogen (secondary N) is 2. The molecule has 2 heterocycles. The molecule has 0 aliphatic carbocycles. The van der Waals surface area contributed by atoms with Crippen molar-refractivity contribution in [2.75, 3.05) is 15.8 Å². The number of fused-ring (bicyclic) bond motifs is 1. The zero-order chi connectivity index (χ0) is 18.7. The van der Waals surface area contributed by atoms with E-state index in [-0.39, 0.29) is 5.75 Å². The van der Waals surface area contributed by atoms with Crippen molar-refractivity contribution < 1.29 is 8.42 Å². The summed E-state index contributed by atoms with van der Waals surface area (Å²) >= 11 is 3.42. The first-order chi connectivity index (χ1) is 12.4. The average molecular weight is 439 g/mol. The summed E-state index contributed by atoms with van der Waals surface area (Å²) in [6.45, 7) is 1.96. The average Bonchev–Trinajstić information content (AvgIpc) is 2.90. The minimum absolute atomic E-state index is 0.122. The van der Waals surface area contributed by atoms with Gasteiger partial charge in [0.05, 0.1) is 11.1 Å². The maximum atomic E-state index is 12.0. The van der Waals surface area contributed by atoms with Gasteiger partial charge in [-0.25, -0.2) is 23.1 Å². The molecule has 3 rings (SSSR count). The minimum atomic E-state index is -3.31. The van der Waals surface area contributed by atoms with Crippen LogP contribution in [0.1, 0.15) is 19.8 Å². The fourth-order valence-electron chi connectivity index (χ4n) is 2.46. The van der Waals surface area contributed by atoms with Gasteiger partial charge < -0.3 is 5.32 Å². The quantitative estimate of drug-likeness (QED) is 0.585. The van der Waals surface area contributed by atoms with Crippen molar-refractivity contribution in [3.8, 4) is 0 Å². The van der Waals surface area contributed by atoms with Gasteiger partial charge in [0.2, 0.25) is 10.0 Å². The standard InChI is InChI=1S/C16H19BrN6O2S/c1-3-4-9-26(24,25)22-12-7-5-11(6-8-12)20-15-13-14(17)21-23(2)16(13)19-10-18-15/h5-8,10,22H,3-4,9H2,1-2H3,(H,18,19,20). The second kappa shape index (κ2) is 7.58. The summed E-state index contributed by atoms with van der Waals surface area (Å²) in [5.41, 5.74) is 2.01. The fourth-order valence-corrected chi connectivity index (χ4v) is 4.33. The Morgan fingerprint density at radius 3 is 2.54 bits per heavy atom. The van der Waals surface area contributed by atoms with Crippen molar-refractivity contribution in [1.29, 1.82) is 0 Å². The summed E-state index contributed by atoms with van der Waals surface area (Å²) in [5, 5.41) is 8.28. The predicted molar refractivity (Wildman–Crippen MR) is 106 cm³/mol. The normalized spacial score (nSPS) is 11.7. The molecule has 138 valence electrons. The van der Waals surface area contributed by atoms with Gasteiger partial charge >= 0.3 is 0 Å². The Labute approximate surface area is 160 Å². The minimum Gasteiger partial charge on any atom is -0.339 e. The molecule has 0 aliphatic rings. The molecule has 2 aromatic heterocycles. The number of sulfonamides is 1. The number of nitrogens with zero attached hydrogens (tertiary/aromatic N) is 4. The number of benzene rings is 1. The molecule has 0 radical (unpaired) electrons. The van der Waals surface area contributed by atoms with Crippen LogP contribution in [-0.4, -0.2) is 33.9 Å². The largest absolute Gasteiger partial charge is 0.339 e. The third-order valence-corrected chi connectivity index (χ3v) is 5.69. The molecule has 0 fully saturated rings. The molecule has 8 nitrogen and oxygen atoms in total. The highest BCUT2D eigenvalue weighted by molar-refractivity contribution is 9.10. The summed E-state index contributed by atoms with van der Waals surface area (Å²) in [6.07, 6.45) is 2.94. The maximum absolute atomic E-state index is 12.0. The number of rotatable bonds is 7. The SMILES string of the molecule is CCCCS(=O)(=O)Nc1ccc(Nc2ncnc3c2c(Br)nn3C)cc1. The third-order valence-electron chi connectivity index (χ3n) is 3.77. The van der Waals surface area contributed by atoms with Gasteiger partial charge in [0, 0.05) is 18.4 Å². The van der Waals surface area contributed by atoms with E-state index in [2.05, 4.69) is 41.0 Å². The molecule has 10 heteroatoms. The monoisotopic (exact) mass is 438 g/mol. The van der Waals surface area contributed by atoms with E-state index in [0.717, 1.165) is 17.5 Å². The molecule has 0 atom stereocenters. The lowest BCUT2D eigenvalue weighted by molar-refractivity contribution is 0.598. The first-order valence-corrected chi connectivity index (χ1v) is 10.5. The Morgan fingerprint density at radius 1 is 1.15 bits per heavy atom. The summed E-state index contributed by atoms with van der Waals surface area (Å²) in [6, 6.07) is 7.00. The molecular weight excluding hydrogens is 420 g/mol. The first-order valence-electron chi connectivity index (χ1n) is 8.10. The lowest BCUT2D eigenvalue weighted by Gasteiger charge is -2.10. The van der Waals surface area contributed by atoms with Crippen LogP contribution in [0, 0.1) is 0 Å². The highest BCUT2D eigenvalue weighted by Crippen LogP contribution is 2.29. The number of unbranched alkanes of at least 4 members (excludes halogenated alkanes) is 1. The van der Waals surface area contributed by atoms with Crippen LogP contribution < -0.4 is 10.0 Å². The predicted octanol–water partition coefficient (Wildman–Crippen LogP) is 3.41. The van der Waals surface area contributed by atoms with Crippen LogP contribution in [-0.2, 0) is 17.1 Å².